The van der Waals surface area contributed by atoms with Crippen molar-refractivity contribution in [3.8, 4) is 11.5 Å². The fraction of sp³-hybridized carbons (Fsp3) is 0.143. The Labute approximate surface area is 115 Å². The number of halogens is 1. The molecule has 0 aromatic heterocycles. The van der Waals surface area contributed by atoms with Crippen molar-refractivity contribution in [1.29, 1.82) is 0 Å². The van der Waals surface area contributed by atoms with Gasteiger partial charge in [-0.3, -0.25) is 0 Å². The number of hydrogen-bond acceptors (Lipinski definition) is 3. The predicted molar refractivity (Wildman–Crippen MR) is 75.9 cm³/mol. The molecule has 4 heteroatoms. The number of ether oxygens (including phenoxy) is 2. The Bertz CT molecular complexity index is 543. The molecule has 2 aromatic rings. The summed E-state index contributed by atoms with van der Waals surface area (Å²) >= 11 is 3.43. The molecule has 0 fully saturated rings. The number of nitrogens with two attached hydrogens (primary N) is 1. The van der Waals surface area contributed by atoms with Crippen LogP contribution < -0.4 is 15.2 Å². The first-order valence-corrected chi connectivity index (χ1v) is 6.29. The molecule has 0 atom stereocenters. The summed E-state index contributed by atoms with van der Waals surface area (Å²) < 4.78 is 11.8. The molecule has 0 aliphatic carbocycles. The molecular weight excluding hydrogens is 294 g/mol. The van der Waals surface area contributed by atoms with Gasteiger partial charge in [0, 0.05) is 10.5 Å². The van der Waals surface area contributed by atoms with Crippen molar-refractivity contribution in [2.45, 2.75) is 6.61 Å². The minimum Gasteiger partial charge on any atom is -0.495 e. The summed E-state index contributed by atoms with van der Waals surface area (Å²) in [5.41, 5.74) is 7.48. The third-order valence-corrected chi connectivity index (χ3v) is 2.99. The number of methoxy groups -OCH3 is 1. The largest absolute Gasteiger partial charge is 0.495 e. The Morgan fingerprint density at radius 3 is 2.67 bits per heavy atom. The second-order valence-corrected chi connectivity index (χ2v) is 4.74. The highest BCUT2D eigenvalue weighted by Crippen LogP contribution is 2.26. The van der Waals surface area contributed by atoms with Gasteiger partial charge in [-0.2, -0.15) is 0 Å². The third kappa shape index (κ3) is 3.17. The normalized spacial score (nSPS) is 10.1. The monoisotopic (exact) mass is 307 g/mol. The van der Waals surface area contributed by atoms with E-state index in [1.54, 1.807) is 19.2 Å². The highest BCUT2D eigenvalue weighted by Gasteiger charge is 2.02. The SMILES string of the molecule is COc1ccc(OCc2cccc(Br)c2)cc1N. The molecule has 0 bridgehead atoms. The van der Waals surface area contributed by atoms with E-state index in [0.717, 1.165) is 15.8 Å². The van der Waals surface area contributed by atoms with E-state index in [0.29, 0.717) is 18.0 Å². The maximum Gasteiger partial charge on any atom is 0.142 e. The minimum atomic E-state index is 0.505. The summed E-state index contributed by atoms with van der Waals surface area (Å²) in [4.78, 5) is 0. The fourth-order valence-electron chi connectivity index (χ4n) is 1.60. The predicted octanol–water partition coefficient (Wildman–Crippen LogP) is 3.62. The third-order valence-electron chi connectivity index (χ3n) is 2.50. The van der Waals surface area contributed by atoms with Gasteiger partial charge in [-0.15, -0.1) is 0 Å². The van der Waals surface area contributed by atoms with Crippen LogP contribution >= 0.6 is 15.9 Å². The van der Waals surface area contributed by atoms with Gasteiger partial charge in [0.1, 0.15) is 18.1 Å². The van der Waals surface area contributed by atoms with Crippen molar-refractivity contribution in [2.75, 3.05) is 12.8 Å². The van der Waals surface area contributed by atoms with E-state index in [-0.39, 0.29) is 0 Å². The Morgan fingerprint density at radius 1 is 1.17 bits per heavy atom. The first-order chi connectivity index (χ1) is 8.69. The highest BCUT2D eigenvalue weighted by molar-refractivity contribution is 9.10. The molecule has 0 aliphatic rings. The molecule has 94 valence electrons. The molecule has 0 radical (unpaired) electrons. The van der Waals surface area contributed by atoms with E-state index >= 15 is 0 Å². The van der Waals surface area contributed by atoms with Gasteiger partial charge >= 0.3 is 0 Å². The van der Waals surface area contributed by atoms with E-state index in [1.807, 2.05) is 30.3 Å². The lowest BCUT2D eigenvalue weighted by molar-refractivity contribution is 0.305. The first kappa shape index (κ1) is 12.8. The van der Waals surface area contributed by atoms with Gasteiger partial charge in [-0.25, -0.2) is 0 Å². The summed E-state index contributed by atoms with van der Waals surface area (Å²) in [6.45, 7) is 0.505. The van der Waals surface area contributed by atoms with E-state index < -0.39 is 0 Å². The summed E-state index contributed by atoms with van der Waals surface area (Å²) in [5.74, 6) is 1.39. The van der Waals surface area contributed by atoms with Crippen LogP contribution in [0.1, 0.15) is 5.56 Å². The van der Waals surface area contributed by atoms with Gasteiger partial charge in [-0.1, -0.05) is 28.1 Å². The number of benzene rings is 2. The van der Waals surface area contributed by atoms with Crippen LogP contribution in [0.2, 0.25) is 0 Å². The molecule has 0 heterocycles. The standard InChI is InChI=1S/C14H14BrNO2/c1-17-14-6-5-12(8-13(14)16)18-9-10-3-2-4-11(15)7-10/h2-8H,9,16H2,1H3. The summed E-state index contributed by atoms with van der Waals surface area (Å²) in [6, 6.07) is 13.4. The summed E-state index contributed by atoms with van der Waals surface area (Å²) in [6.07, 6.45) is 0. The zero-order valence-corrected chi connectivity index (χ0v) is 11.6. The molecule has 2 rings (SSSR count). The Kier molecular flexibility index (Phi) is 4.10. The molecule has 0 spiro atoms. The number of hydrogen-bond donors (Lipinski definition) is 1. The fourth-order valence-corrected chi connectivity index (χ4v) is 2.04. The smallest absolute Gasteiger partial charge is 0.142 e. The lowest BCUT2D eigenvalue weighted by Gasteiger charge is -2.09. The molecule has 0 amide bonds. The molecule has 0 unspecified atom stereocenters. The zero-order valence-electron chi connectivity index (χ0n) is 10.0. The van der Waals surface area contributed by atoms with Crippen molar-refractivity contribution >= 4 is 21.6 Å². The molecular formula is C14H14BrNO2. The van der Waals surface area contributed by atoms with Crippen molar-refractivity contribution in [2.24, 2.45) is 0 Å². The molecule has 2 N–H and O–H groups in total. The minimum absolute atomic E-state index is 0.505. The Morgan fingerprint density at radius 2 is 2.00 bits per heavy atom. The van der Waals surface area contributed by atoms with Gasteiger partial charge in [-0.05, 0) is 29.8 Å². The van der Waals surface area contributed by atoms with Crippen molar-refractivity contribution in [3.63, 3.8) is 0 Å². The van der Waals surface area contributed by atoms with Gasteiger partial charge in [0.05, 0.1) is 12.8 Å². The van der Waals surface area contributed by atoms with E-state index in [2.05, 4.69) is 15.9 Å². The van der Waals surface area contributed by atoms with Crippen LogP contribution in [0.4, 0.5) is 5.69 Å². The average Bonchev–Trinajstić information content (AvgIpc) is 2.37. The second kappa shape index (κ2) is 5.78. The van der Waals surface area contributed by atoms with Gasteiger partial charge in [0.2, 0.25) is 0 Å². The van der Waals surface area contributed by atoms with Gasteiger partial charge in [0.25, 0.3) is 0 Å². The molecule has 18 heavy (non-hydrogen) atoms. The van der Waals surface area contributed by atoms with Crippen LogP contribution in [0.15, 0.2) is 46.9 Å². The first-order valence-electron chi connectivity index (χ1n) is 5.50. The maximum absolute atomic E-state index is 5.81. The lowest BCUT2D eigenvalue weighted by atomic mass is 10.2. The van der Waals surface area contributed by atoms with Crippen LogP contribution in [0, 0.1) is 0 Å². The van der Waals surface area contributed by atoms with Gasteiger partial charge < -0.3 is 15.2 Å². The molecule has 0 aliphatic heterocycles. The molecule has 2 aromatic carbocycles. The topological polar surface area (TPSA) is 44.5 Å². The van der Waals surface area contributed by atoms with E-state index in [9.17, 15) is 0 Å². The number of rotatable bonds is 4. The zero-order chi connectivity index (χ0) is 13.0. The number of nitrogen functional groups attached to an aromatic ring is 1. The number of anilines is 1. The van der Waals surface area contributed by atoms with E-state index in [4.69, 9.17) is 15.2 Å². The van der Waals surface area contributed by atoms with Crippen LogP contribution in [-0.2, 0) is 6.61 Å². The van der Waals surface area contributed by atoms with Crippen molar-refractivity contribution in [1.82, 2.24) is 0 Å². The second-order valence-electron chi connectivity index (χ2n) is 3.82. The van der Waals surface area contributed by atoms with Gasteiger partial charge in [0.15, 0.2) is 0 Å². The van der Waals surface area contributed by atoms with Crippen LogP contribution in [-0.4, -0.2) is 7.11 Å². The average molecular weight is 308 g/mol. The van der Waals surface area contributed by atoms with Crippen molar-refractivity contribution in [3.05, 3.63) is 52.5 Å². The molecule has 0 saturated heterocycles. The van der Waals surface area contributed by atoms with Crippen molar-refractivity contribution < 1.29 is 9.47 Å². The van der Waals surface area contributed by atoms with Crippen LogP contribution in [0.3, 0.4) is 0 Å². The quantitative estimate of drug-likeness (QED) is 0.877. The Hall–Kier alpha value is -1.68. The van der Waals surface area contributed by atoms with E-state index in [1.165, 1.54) is 0 Å². The van der Waals surface area contributed by atoms with Crippen LogP contribution in [0.5, 0.6) is 11.5 Å². The Balaban J connectivity index is 2.04. The molecule has 0 saturated carbocycles. The maximum atomic E-state index is 5.81. The lowest BCUT2D eigenvalue weighted by Crippen LogP contribution is -1.97. The summed E-state index contributed by atoms with van der Waals surface area (Å²) in [7, 11) is 1.59. The highest BCUT2D eigenvalue weighted by atomic mass is 79.9. The summed E-state index contributed by atoms with van der Waals surface area (Å²) in [5, 5.41) is 0. The molecule has 3 nitrogen and oxygen atoms in total. The van der Waals surface area contributed by atoms with Crippen LogP contribution in [0.25, 0.3) is 0 Å².